The molecule has 1 amide bonds. The second-order valence-electron chi connectivity index (χ2n) is 9.72. The van der Waals surface area contributed by atoms with Crippen LogP contribution < -0.4 is 5.32 Å². The van der Waals surface area contributed by atoms with Gasteiger partial charge in [-0.15, -0.1) is 0 Å². The van der Waals surface area contributed by atoms with Crippen LogP contribution in [0.15, 0.2) is 89.9 Å². The van der Waals surface area contributed by atoms with E-state index in [1.54, 1.807) is 13.0 Å². The smallest absolute Gasteiger partial charge is 0.321 e. The van der Waals surface area contributed by atoms with Gasteiger partial charge in [0.1, 0.15) is 6.04 Å². The highest BCUT2D eigenvalue weighted by Crippen LogP contribution is 2.34. The molecular formula is C30H31N5O5. The number of non-ortho nitro benzene ring substituents is 1. The van der Waals surface area contributed by atoms with Gasteiger partial charge >= 0.3 is 5.97 Å². The fourth-order valence-electron chi connectivity index (χ4n) is 5.36. The lowest BCUT2D eigenvalue weighted by Crippen LogP contribution is -2.57. The molecule has 1 saturated heterocycles. The fraction of sp³-hybridized carbons (Fsp3) is 0.300. The maximum Gasteiger partial charge on any atom is 0.321 e. The maximum atomic E-state index is 13.2. The lowest BCUT2D eigenvalue weighted by Gasteiger charge is -2.42. The summed E-state index contributed by atoms with van der Waals surface area (Å²) in [4.78, 5) is 46.1. The maximum absolute atomic E-state index is 13.2. The highest BCUT2D eigenvalue weighted by atomic mass is 16.6. The predicted octanol–water partition coefficient (Wildman–Crippen LogP) is 3.71. The van der Waals surface area contributed by atoms with E-state index in [1.165, 1.54) is 29.3 Å². The van der Waals surface area contributed by atoms with Crippen molar-refractivity contribution < 1.29 is 19.2 Å². The first-order chi connectivity index (χ1) is 19.5. The van der Waals surface area contributed by atoms with Crippen LogP contribution in [-0.2, 0) is 14.3 Å². The summed E-state index contributed by atoms with van der Waals surface area (Å²) in [5.74, 6) is -2.13. The van der Waals surface area contributed by atoms with Gasteiger partial charge in [0.15, 0.2) is 5.92 Å². The molecule has 5 rings (SSSR count). The molecule has 0 aliphatic carbocycles. The standard InChI is InChI=1S/C30H31N5O5/c1-2-40-29(37)25-26(23-14-9-15-24(20-23)35(38)39)31-30(32-28(25)36)34-18-16-33(17-19-34)27(21-10-5-3-6-11-21)22-12-7-4-8-13-22/h3-15,20,25-27H,2,16-19H2,1H3,(H,31,32,36). The van der Waals surface area contributed by atoms with E-state index in [4.69, 9.17) is 9.73 Å². The monoisotopic (exact) mass is 541 g/mol. The Kier molecular flexibility index (Phi) is 8.16. The third kappa shape index (κ3) is 5.72. The normalized spacial score (nSPS) is 19.6. The van der Waals surface area contributed by atoms with Crippen LogP contribution >= 0.6 is 0 Å². The summed E-state index contributed by atoms with van der Waals surface area (Å²) in [5, 5.41) is 14.2. The highest BCUT2D eigenvalue weighted by molar-refractivity contribution is 6.08. The molecular weight excluding hydrogens is 510 g/mol. The number of esters is 1. The Morgan fingerprint density at radius 2 is 1.62 bits per heavy atom. The lowest BCUT2D eigenvalue weighted by atomic mass is 9.91. The average molecular weight is 542 g/mol. The van der Waals surface area contributed by atoms with Gasteiger partial charge in [-0.05, 0) is 23.6 Å². The van der Waals surface area contributed by atoms with Gasteiger partial charge in [-0.3, -0.25) is 29.9 Å². The number of ether oxygens (including phenoxy) is 1. The van der Waals surface area contributed by atoms with Gasteiger partial charge in [0, 0.05) is 38.3 Å². The summed E-state index contributed by atoms with van der Waals surface area (Å²) >= 11 is 0. The Hall–Kier alpha value is -4.57. The number of carbonyl (C=O) groups is 2. The number of nitro groups is 1. The third-order valence-electron chi connectivity index (χ3n) is 7.27. The van der Waals surface area contributed by atoms with Crippen molar-refractivity contribution in [3.8, 4) is 0 Å². The molecule has 40 heavy (non-hydrogen) atoms. The molecule has 2 aliphatic rings. The van der Waals surface area contributed by atoms with Crippen LogP contribution in [0.25, 0.3) is 0 Å². The minimum absolute atomic E-state index is 0.0817. The SMILES string of the molecule is CCOC(=O)C1C(=O)NC(N2CCN(C(c3ccccc3)c3ccccc3)CC2)=NC1c1cccc([N+](=O)[O-])c1. The summed E-state index contributed by atoms with van der Waals surface area (Å²) in [6.45, 7) is 4.39. The summed E-state index contributed by atoms with van der Waals surface area (Å²) in [6, 6.07) is 25.8. The van der Waals surface area contributed by atoms with Crippen molar-refractivity contribution in [2.24, 2.45) is 10.9 Å². The van der Waals surface area contributed by atoms with Crippen LogP contribution in [-0.4, -0.2) is 65.3 Å². The number of amides is 1. The second kappa shape index (κ2) is 12.1. The largest absolute Gasteiger partial charge is 0.465 e. The number of nitro benzene ring substituents is 1. The van der Waals surface area contributed by atoms with Crippen LogP contribution in [0.4, 0.5) is 5.69 Å². The van der Waals surface area contributed by atoms with Crippen molar-refractivity contribution in [3.63, 3.8) is 0 Å². The van der Waals surface area contributed by atoms with Gasteiger partial charge in [0.2, 0.25) is 11.9 Å². The molecule has 206 valence electrons. The molecule has 3 aromatic carbocycles. The Bertz CT molecular complexity index is 1350. The summed E-state index contributed by atoms with van der Waals surface area (Å²) < 4.78 is 5.16. The number of hydrogen-bond acceptors (Lipinski definition) is 8. The van der Waals surface area contributed by atoms with Gasteiger partial charge in [0.25, 0.3) is 5.69 Å². The molecule has 2 atom stereocenters. The third-order valence-corrected chi connectivity index (χ3v) is 7.27. The van der Waals surface area contributed by atoms with E-state index in [-0.39, 0.29) is 18.3 Å². The molecule has 0 spiro atoms. The Balaban J connectivity index is 1.40. The molecule has 2 unspecified atom stereocenters. The summed E-state index contributed by atoms with van der Waals surface area (Å²) in [6.07, 6.45) is 0. The molecule has 10 nitrogen and oxygen atoms in total. The van der Waals surface area contributed by atoms with E-state index in [0.29, 0.717) is 37.7 Å². The van der Waals surface area contributed by atoms with Crippen molar-refractivity contribution in [2.45, 2.75) is 19.0 Å². The van der Waals surface area contributed by atoms with Gasteiger partial charge < -0.3 is 9.64 Å². The molecule has 2 aliphatic heterocycles. The fourth-order valence-corrected chi connectivity index (χ4v) is 5.36. The summed E-state index contributed by atoms with van der Waals surface area (Å²) in [5.41, 5.74) is 2.68. The molecule has 10 heteroatoms. The van der Waals surface area contributed by atoms with Crippen LogP contribution in [0.1, 0.15) is 35.7 Å². The number of aliphatic imine (C=N–C) groups is 1. The zero-order chi connectivity index (χ0) is 28.1. The Morgan fingerprint density at radius 1 is 1.00 bits per heavy atom. The molecule has 2 heterocycles. The second-order valence-corrected chi connectivity index (χ2v) is 9.72. The van der Waals surface area contributed by atoms with E-state index < -0.39 is 28.8 Å². The molecule has 1 N–H and O–H groups in total. The average Bonchev–Trinajstić information content (AvgIpc) is 2.98. The van der Waals surface area contributed by atoms with Crippen LogP contribution in [0.5, 0.6) is 0 Å². The first kappa shape index (κ1) is 27.0. The minimum Gasteiger partial charge on any atom is -0.465 e. The number of guanidine groups is 1. The molecule has 0 radical (unpaired) electrons. The molecule has 0 saturated carbocycles. The first-order valence-electron chi connectivity index (χ1n) is 13.3. The van der Waals surface area contributed by atoms with E-state index in [0.717, 1.165) is 0 Å². The van der Waals surface area contributed by atoms with E-state index in [1.807, 2.05) is 41.3 Å². The summed E-state index contributed by atoms with van der Waals surface area (Å²) in [7, 11) is 0. The van der Waals surface area contributed by atoms with Gasteiger partial charge in [-0.2, -0.15) is 0 Å². The van der Waals surface area contributed by atoms with E-state index in [2.05, 4.69) is 34.5 Å². The van der Waals surface area contributed by atoms with Crippen molar-refractivity contribution >= 4 is 23.5 Å². The number of nitrogens with zero attached hydrogens (tertiary/aromatic N) is 4. The Morgan fingerprint density at radius 3 is 2.20 bits per heavy atom. The number of rotatable bonds is 7. The highest BCUT2D eigenvalue weighted by Gasteiger charge is 2.42. The molecule has 1 fully saturated rings. The van der Waals surface area contributed by atoms with Crippen LogP contribution in [0, 0.1) is 16.0 Å². The topological polar surface area (TPSA) is 117 Å². The van der Waals surface area contributed by atoms with Crippen molar-refractivity contribution in [1.82, 2.24) is 15.1 Å². The molecule has 0 bridgehead atoms. The number of benzene rings is 3. The van der Waals surface area contributed by atoms with E-state index in [9.17, 15) is 19.7 Å². The molecule has 3 aromatic rings. The molecule has 0 aromatic heterocycles. The quantitative estimate of drug-likeness (QED) is 0.210. The van der Waals surface area contributed by atoms with Crippen LogP contribution in [0.3, 0.4) is 0 Å². The Labute approximate surface area is 232 Å². The zero-order valence-electron chi connectivity index (χ0n) is 22.2. The predicted molar refractivity (Wildman–Crippen MR) is 149 cm³/mol. The first-order valence-corrected chi connectivity index (χ1v) is 13.3. The number of nitrogens with one attached hydrogen (secondary N) is 1. The lowest BCUT2D eigenvalue weighted by molar-refractivity contribution is -0.384. The van der Waals surface area contributed by atoms with Crippen molar-refractivity contribution in [3.05, 3.63) is 112 Å². The van der Waals surface area contributed by atoms with Gasteiger partial charge in [-0.25, -0.2) is 4.99 Å². The zero-order valence-corrected chi connectivity index (χ0v) is 22.2. The van der Waals surface area contributed by atoms with Crippen molar-refractivity contribution in [1.29, 1.82) is 0 Å². The van der Waals surface area contributed by atoms with Crippen molar-refractivity contribution in [2.75, 3.05) is 32.8 Å². The minimum atomic E-state index is -1.24. The number of piperazine rings is 1. The van der Waals surface area contributed by atoms with Gasteiger partial charge in [-0.1, -0.05) is 72.8 Å². The van der Waals surface area contributed by atoms with Crippen LogP contribution in [0.2, 0.25) is 0 Å². The van der Waals surface area contributed by atoms with E-state index >= 15 is 0 Å². The number of carbonyl (C=O) groups excluding carboxylic acids is 2. The van der Waals surface area contributed by atoms with Gasteiger partial charge in [0.05, 0.1) is 17.6 Å². The number of hydrogen-bond donors (Lipinski definition) is 1.